The molecule has 0 saturated heterocycles. The fourth-order valence-electron chi connectivity index (χ4n) is 5.21. The normalized spacial score (nSPS) is 17.1. The van der Waals surface area contributed by atoms with Crippen molar-refractivity contribution >= 4 is 5.97 Å². The van der Waals surface area contributed by atoms with Gasteiger partial charge in [0.1, 0.15) is 0 Å². The van der Waals surface area contributed by atoms with Crippen molar-refractivity contribution in [2.45, 2.75) is 77.6 Å². The lowest BCUT2D eigenvalue weighted by molar-refractivity contribution is 0.0726. The van der Waals surface area contributed by atoms with E-state index in [9.17, 15) is 18.0 Å². The number of esters is 1. The molecule has 0 bridgehead atoms. The fraction of sp³-hybridized carbons (Fsp3) is 0.424. The van der Waals surface area contributed by atoms with Crippen LogP contribution in [0, 0.1) is 29.2 Å². The molecule has 0 radical (unpaired) electrons. The van der Waals surface area contributed by atoms with Crippen LogP contribution in [0.4, 0.5) is 17.6 Å². The summed E-state index contributed by atoms with van der Waals surface area (Å²) in [5.74, 6) is -5.41. The van der Waals surface area contributed by atoms with Crippen molar-refractivity contribution in [1.82, 2.24) is 0 Å². The monoisotopic (exact) mass is 556 g/mol. The van der Waals surface area contributed by atoms with Crippen LogP contribution in [-0.4, -0.2) is 12.6 Å². The molecule has 1 fully saturated rings. The molecular weight excluding hydrogens is 520 g/mol. The van der Waals surface area contributed by atoms with Gasteiger partial charge < -0.3 is 9.47 Å². The van der Waals surface area contributed by atoms with Crippen LogP contribution in [0.3, 0.4) is 0 Å². The van der Waals surface area contributed by atoms with Crippen molar-refractivity contribution in [3.05, 3.63) is 82.9 Å². The second-order valence-electron chi connectivity index (χ2n) is 10.7. The molecule has 7 heteroatoms. The molecule has 40 heavy (non-hydrogen) atoms. The summed E-state index contributed by atoms with van der Waals surface area (Å²) in [6.07, 6.45) is 8.64. The van der Waals surface area contributed by atoms with Gasteiger partial charge in [-0.3, -0.25) is 0 Å². The molecule has 4 rings (SSSR count). The number of carbonyl (C=O) groups excluding carboxylic acids is 1. The lowest BCUT2D eigenvalue weighted by Crippen LogP contribution is -2.13. The standard InChI is InChI=1S/C33H36F4O3/c1-3-4-5-6-7-20-39-27-18-19-28(32(37)31(27)36)40-33(38)24-14-12-23(13-15-24)26-17-16-25(29(34)30(26)35)22-10-8-21(2)9-11-22/h12-19,21-22H,3-11,20H2,1-2H3. The minimum Gasteiger partial charge on any atom is -0.490 e. The number of benzene rings is 3. The highest BCUT2D eigenvalue weighted by atomic mass is 19.2. The SMILES string of the molecule is CCCCCCCOc1ccc(OC(=O)c2ccc(-c3ccc(C4CCC(C)CC4)c(F)c3F)cc2)c(F)c1F. The molecule has 0 heterocycles. The highest BCUT2D eigenvalue weighted by molar-refractivity contribution is 5.91. The maximum atomic E-state index is 15.0. The zero-order chi connectivity index (χ0) is 28.6. The Morgan fingerprint density at radius 1 is 0.750 bits per heavy atom. The van der Waals surface area contributed by atoms with Crippen LogP contribution in [0.5, 0.6) is 11.5 Å². The molecule has 0 amide bonds. The summed E-state index contributed by atoms with van der Waals surface area (Å²) < 4.78 is 69.5. The molecular formula is C33H36F4O3. The van der Waals surface area contributed by atoms with Crippen molar-refractivity contribution < 1.29 is 31.8 Å². The van der Waals surface area contributed by atoms with Crippen LogP contribution >= 0.6 is 0 Å². The van der Waals surface area contributed by atoms with Gasteiger partial charge >= 0.3 is 5.97 Å². The van der Waals surface area contributed by atoms with Crippen LogP contribution < -0.4 is 9.47 Å². The Morgan fingerprint density at radius 2 is 1.40 bits per heavy atom. The Bertz CT molecular complexity index is 1300. The van der Waals surface area contributed by atoms with Gasteiger partial charge in [-0.1, -0.05) is 76.6 Å². The van der Waals surface area contributed by atoms with Crippen LogP contribution in [0.15, 0.2) is 48.5 Å². The molecule has 0 aromatic heterocycles. The number of unbranched alkanes of at least 4 members (excludes halogenated alkanes) is 4. The molecule has 1 aliphatic rings. The lowest BCUT2D eigenvalue weighted by Gasteiger charge is -2.27. The summed E-state index contributed by atoms with van der Waals surface area (Å²) in [6.45, 7) is 4.55. The molecule has 3 aromatic carbocycles. The van der Waals surface area contributed by atoms with Crippen LogP contribution in [0.1, 0.15) is 93.5 Å². The Morgan fingerprint density at radius 3 is 2.10 bits per heavy atom. The lowest BCUT2D eigenvalue weighted by atomic mass is 9.79. The van der Waals surface area contributed by atoms with Gasteiger partial charge in [-0.15, -0.1) is 0 Å². The Labute approximate surface area is 233 Å². The summed E-state index contributed by atoms with van der Waals surface area (Å²) >= 11 is 0. The molecule has 0 N–H and O–H groups in total. The average molecular weight is 557 g/mol. The number of carbonyl (C=O) groups is 1. The number of halogens is 4. The van der Waals surface area contributed by atoms with Gasteiger partial charge in [0.2, 0.25) is 11.6 Å². The zero-order valence-corrected chi connectivity index (χ0v) is 23.1. The zero-order valence-electron chi connectivity index (χ0n) is 23.1. The highest BCUT2D eigenvalue weighted by Crippen LogP contribution is 2.39. The second-order valence-corrected chi connectivity index (χ2v) is 10.7. The first kappa shape index (κ1) is 29.6. The van der Waals surface area contributed by atoms with E-state index in [0.29, 0.717) is 17.0 Å². The Balaban J connectivity index is 1.39. The molecule has 1 saturated carbocycles. The van der Waals surface area contributed by atoms with Crippen molar-refractivity contribution in [1.29, 1.82) is 0 Å². The predicted molar refractivity (Wildman–Crippen MR) is 148 cm³/mol. The highest BCUT2D eigenvalue weighted by Gasteiger charge is 2.25. The Kier molecular flexibility index (Phi) is 10.2. The predicted octanol–water partition coefficient (Wildman–Crippen LogP) is 9.77. The molecule has 3 nitrogen and oxygen atoms in total. The smallest absolute Gasteiger partial charge is 0.343 e. The minimum absolute atomic E-state index is 0.0123. The largest absolute Gasteiger partial charge is 0.490 e. The maximum Gasteiger partial charge on any atom is 0.343 e. The van der Waals surface area contributed by atoms with Crippen LogP contribution in [0.25, 0.3) is 11.1 Å². The topological polar surface area (TPSA) is 35.5 Å². The molecule has 0 aliphatic heterocycles. The van der Waals surface area contributed by atoms with Crippen LogP contribution in [-0.2, 0) is 0 Å². The summed E-state index contributed by atoms with van der Waals surface area (Å²) in [7, 11) is 0. The number of hydrogen-bond donors (Lipinski definition) is 0. The number of hydrogen-bond acceptors (Lipinski definition) is 3. The van der Waals surface area contributed by atoms with Crippen molar-refractivity contribution in [3.8, 4) is 22.6 Å². The second kappa shape index (κ2) is 13.8. The van der Waals surface area contributed by atoms with Gasteiger partial charge in [-0.25, -0.2) is 13.6 Å². The van der Waals surface area contributed by atoms with Gasteiger partial charge in [0.05, 0.1) is 12.2 Å². The van der Waals surface area contributed by atoms with E-state index in [1.54, 1.807) is 12.1 Å². The molecule has 0 atom stereocenters. The van der Waals surface area contributed by atoms with E-state index in [4.69, 9.17) is 9.47 Å². The molecule has 3 aromatic rings. The van der Waals surface area contributed by atoms with Gasteiger partial charge in [0, 0.05) is 5.56 Å². The summed E-state index contributed by atoms with van der Waals surface area (Å²) in [5.41, 5.74) is 0.917. The first-order valence-electron chi connectivity index (χ1n) is 14.2. The van der Waals surface area contributed by atoms with E-state index in [1.807, 2.05) is 0 Å². The van der Waals surface area contributed by atoms with Gasteiger partial charge in [0.15, 0.2) is 23.1 Å². The molecule has 214 valence electrons. The summed E-state index contributed by atoms with van der Waals surface area (Å²) in [4.78, 5) is 12.6. The number of ether oxygens (including phenoxy) is 2. The van der Waals surface area contributed by atoms with E-state index in [2.05, 4.69) is 13.8 Å². The van der Waals surface area contributed by atoms with E-state index < -0.39 is 35.0 Å². The quantitative estimate of drug-likeness (QED) is 0.102. The average Bonchev–Trinajstić information content (AvgIpc) is 2.96. The molecule has 0 spiro atoms. The van der Waals surface area contributed by atoms with Gasteiger partial charge in [-0.2, -0.15) is 8.78 Å². The third-order valence-electron chi connectivity index (χ3n) is 7.72. The van der Waals surface area contributed by atoms with Gasteiger partial charge in [-0.05, 0) is 66.5 Å². The Hall–Kier alpha value is -3.35. The van der Waals surface area contributed by atoms with Crippen molar-refractivity contribution in [2.75, 3.05) is 6.61 Å². The minimum atomic E-state index is -1.32. The third-order valence-corrected chi connectivity index (χ3v) is 7.72. The summed E-state index contributed by atoms with van der Waals surface area (Å²) in [6, 6.07) is 11.2. The van der Waals surface area contributed by atoms with E-state index in [0.717, 1.165) is 63.9 Å². The van der Waals surface area contributed by atoms with Crippen molar-refractivity contribution in [3.63, 3.8) is 0 Å². The van der Waals surface area contributed by atoms with E-state index >= 15 is 4.39 Å². The van der Waals surface area contributed by atoms with E-state index in [-0.39, 0.29) is 29.4 Å². The third kappa shape index (κ3) is 7.04. The molecule has 1 aliphatic carbocycles. The first-order valence-corrected chi connectivity index (χ1v) is 14.2. The summed E-state index contributed by atoms with van der Waals surface area (Å²) in [5, 5.41) is 0. The van der Waals surface area contributed by atoms with E-state index in [1.165, 1.54) is 30.3 Å². The molecule has 0 unspecified atom stereocenters. The van der Waals surface area contributed by atoms with Crippen LogP contribution in [0.2, 0.25) is 0 Å². The van der Waals surface area contributed by atoms with Gasteiger partial charge in [0.25, 0.3) is 0 Å². The fourth-order valence-corrected chi connectivity index (χ4v) is 5.21. The van der Waals surface area contributed by atoms with Crippen molar-refractivity contribution in [2.24, 2.45) is 5.92 Å². The maximum absolute atomic E-state index is 15.0. The first-order chi connectivity index (χ1) is 19.3. The number of rotatable bonds is 11.